The molecule has 2 aromatic rings. The lowest BCUT2D eigenvalue weighted by atomic mass is 10.2. The average molecular weight is 295 g/mol. The number of thiophene rings is 1. The van der Waals surface area contributed by atoms with E-state index in [-0.39, 0.29) is 5.91 Å². The van der Waals surface area contributed by atoms with Crippen molar-refractivity contribution in [2.24, 2.45) is 0 Å². The average Bonchev–Trinajstić information content (AvgIpc) is 2.74. The number of hydrazine groups is 1. The zero-order valence-corrected chi connectivity index (χ0v) is 11.8. The number of rotatable bonds is 2. The fourth-order valence-electron chi connectivity index (χ4n) is 1.49. The molecule has 2 aromatic heterocycles. The van der Waals surface area contributed by atoms with Gasteiger partial charge in [0.1, 0.15) is 9.71 Å². The van der Waals surface area contributed by atoms with Crippen molar-refractivity contribution < 1.29 is 4.79 Å². The number of aromatic nitrogens is 1. The van der Waals surface area contributed by atoms with Gasteiger partial charge in [0, 0.05) is 18.1 Å². The van der Waals surface area contributed by atoms with E-state index in [4.69, 9.17) is 18.0 Å². The molecule has 19 heavy (non-hydrogen) atoms. The maximum atomic E-state index is 12.0. The number of amides is 1. The SMILES string of the molecule is CCNC(=S)NNC(=O)c1sc2ncccc2c1N. The van der Waals surface area contributed by atoms with E-state index in [0.29, 0.717) is 22.2 Å². The van der Waals surface area contributed by atoms with Crippen molar-refractivity contribution in [2.75, 3.05) is 12.3 Å². The smallest absolute Gasteiger partial charge is 0.281 e. The molecule has 0 aliphatic rings. The number of thiocarbonyl (C=S) groups is 1. The first-order valence-electron chi connectivity index (χ1n) is 5.60. The third-order valence-electron chi connectivity index (χ3n) is 2.34. The van der Waals surface area contributed by atoms with E-state index in [1.54, 1.807) is 12.3 Å². The Bertz CT molecular complexity index is 625. The number of carbonyl (C=O) groups is 1. The Morgan fingerprint density at radius 3 is 3.00 bits per heavy atom. The van der Waals surface area contributed by atoms with Crippen molar-refractivity contribution in [3.63, 3.8) is 0 Å². The lowest BCUT2D eigenvalue weighted by molar-refractivity contribution is 0.0948. The number of nitrogen functional groups attached to an aromatic ring is 1. The Labute approximate surface area is 119 Å². The second kappa shape index (κ2) is 5.81. The van der Waals surface area contributed by atoms with Crippen LogP contribution in [0.4, 0.5) is 5.69 Å². The standard InChI is InChI=1S/C11H13N5OS2/c1-2-13-11(18)16-15-9(17)8-7(12)6-4-3-5-14-10(6)19-8/h3-5H,2,12H2,1H3,(H,15,17)(H2,13,16,18). The van der Waals surface area contributed by atoms with Gasteiger partial charge in [-0.05, 0) is 31.3 Å². The molecular formula is C11H13N5OS2. The highest BCUT2D eigenvalue weighted by Crippen LogP contribution is 2.31. The monoisotopic (exact) mass is 295 g/mol. The van der Waals surface area contributed by atoms with Crippen molar-refractivity contribution in [1.29, 1.82) is 0 Å². The van der Waals surface area contributed by atoms with Gasteiger partial charge in [-0.15, -0.1) is 11.3 Å². The van der Waals surface area contributed by atoms with Crippen LogP contribution >= 0.6 is 23.6 Å². The molecule has 0 aromatic carbocycles. The molecule has 5 N–H and O–H groups in total. The minimum absolute atomic E-state index is 0.333. The summed E-state index contributed by atoms with van der Waals surface area (Å²) in [5.41, 5.74) is 11.5. The predicted octanol–water partition coefficient (Wildman–Crippen LogP) is 1.01. The first-order chi connectivity index (χ1) is 9.13. The zero-order valence-electron chi connectivity index (χ0n) is 10.2. The molecule has 2 heterocycles. The van der Waals surface area contributed by atoms with Gasteiger partial charge in [-0.25, -0.2) is 4.98 Å². The van der Waals surface area contributed by atoms with Crippen LogP contribution in [0.3, 0.4) is 0 Å². The molecular weight excluding hydrogens is 282 g/mol. The molecule has 0 atom stereocenters. The summed E-state index contributed by atoms with van der Waals surface area (Å²) in [4.78, 5) is 17.3. The fraction of sp³-hybridized carbons (Fsp3) is 0.182. The van der Waals surface area contributed by atoms with Crippen LogP contribution in [0.5, 0.6) is 0 Å². The summed E-state index contributed by atoms with van der Waals surface area (Å²) in [7, 11) is 0. The molecule has 0 spiro atoms. The molecule has 8 heteroatoms. The summed E-state index contributed by atoms with van der Waals surface area (Å²) in [6.07, 6.45) is 1.67. The first-order valence-corrected chi connectivity index (χ1v) is 6.83. The van der Waals surface area contributed by atoms with E-state index < -0.39 is 0 Å². The molecule has 0 unspecified atom stereocenters. The van der Waals surface area contributed by atoms with E-state index in [1.807, 2.05) is 13.0 Å². The molecule has 0 aliphatic heterocycles. The maximum Gasteiger partial charge on any atom is 0.281 e. The first kappa shape index (κ1) is 13.5. The highest BCUT2D eigenvalue weighted by Gasteiger charge is 2.16. The third kappa shape index (κ3) is 2.91. The Morgan fingerprint density at radius 1 is 1.53 bits per heavy atom. The number of fused-ring (bicyclic) bond motifs is 1. The van der Waals surface area contributed by atoms with Crippen LogP contribution in [0.2, 0.25) is 0 Å². The molecule has 2 rings (SSSR count). The quantitative estimate of drug-likeness (QED) is 0.488. The highest BCUT2D eigenvalue weighted by molar-refractivity contribution is 7.80. The van der Waals surface area contributed by atoms with Gasteiger partial charge in [-0.3, -0.25) is 15.6 Å². The molecule has 1 amide bonds. The topological polar surface area (TPSA) is 92.1 Å². The van der Waals surface area contributed by atoms with Crippen LogP contribution in [0, 0.1) is 0 Å². The molecule has 0 saturated heterocycles. The lowest BCUT2D eigenvalue weighted by Gasteiger charge is -2.09. The minimum Gasteiger partial charge on any atom is -0.397 e. The number of nitrogens with one attached hydrogen (secondary N) is 3. The van der Waals surface area contributed by atoms with Gasteiger partial charge in [0.15, 0.2) is 5.11 Å². The van der Waals surface area contributed by atoms with E-state index in [2.05, 4.69) is 21.2 Å². The van der Waals surface area contributed by atoms with Crippen LogP contribution in [0.15, 0.2) is 18.3 Å². The van der Waals surface area contributed by atoms with Crippen LogP contribution in [-0.2, 0) is 0 Å². The number of nitrogens with zero attached hydrogens (tertiary/aromatic N) is 1. The number of pyridine rings is 1. The molecule has 0 saturated carbocycles. The maximum absolute atomic E-state index is 12.0. The molecule has 0 bridgehead atoms. The van der Waals surface area contributed by atoms with Gasteiger partial charge >= 0.3 is 0 Å². The number of carbonyl (C=O) groups excluding carboxylic acids is 1. The molecule has 6 nitrogen and oxygen atoms in total. The lowest BCUT2D eigenvalue weighted by Crippen LogP contribution is -2.46. The van der Waals surface area contributed by atoms with Crippen molar-refractivity contribution in [3.05, 3.63) is 23.2 Å². The summed E-state index contributed by atoms with van der Waals surface area (Å²) in [6, 6.07) is 3.62. The number of hydrogen-bond donors (Lipinski definition) is 4. The van der Waals surface area contributed by atoms with Crippen molar-refractivity contribution in [3.8, 4) is 0 Å². The van der Waals surface area contributed by atoms with Gasteiger partial charge < -0.3 is 11.1 Å². The summed E-state index contributed by atoms with van der Waals surface area (Å²) in [6.45, 7) is 2.59. The minimum atomic E-state index is -0.333. The normalized spacial score (nSPS) is 10.2. The van der Waals surface area contributed by atoms with E-state index >= 15 is 0 Å². The fourth-order valence-corrected chi connectivity index (χ4v) is 2.65. The Kier molecular flexibility index (Phi) is 4.13. The van der Waals surface area contributed by atoms with Crippen molar-refractivity contribution >= 4 is 50.5 Å². The second-order valence-electron chi connectivity index (χ2n) is 3.64. The molecule has 100 valence electrons. The van der Waals surface area contributed by atoms with Gasteiger partial charge in [-0.1, -0.05) is 0 Å². The predicted molar refractivity (Wildman–Crippen MR) is 80.9 cm³/mol. The van der Waals surface area contributed by atoms with Crippen LogP contribution in [0.25, 0.3) is 10.2 Å². The number of hydrogen-bond acceptors (Lipinski definition) is 5. The van der Waals surface area contributed by atoms with E-state index in [0.717, 1.165) is 10.2 Å². The third-order valence-corrected chi connectivity index (χ3v) is 3.71. The van der Waals surface area contributed by atoms with E-state index in [9.17, 15) is 4.79 Å². The summed E-state index contributed by atoms with van der Waals surface area (Å²) < 4.78 is 0. The summed E-state index contributed by atoms with van der Waals surface area (Å²) >= 11 is 6.19. The number of anilines is 1. The highest BCUT2D eigenvalue weighted by atomic mass is 32.1. The molecule has 0 aliphatic carbocycles. The largest absolute Gasteiger partial charge is 0.397 e. The molecule has 0 fully saturated rings. The Balaban J connectivity index is 2.13. The summed E-state index contributed by atoms with van der Waals surface area (Å²) in [5.74, 6) is -0.333. The summed E-state index contributed by atoms with van der Waals surface area (Å²) in [5, 5.41) is 4.00. The Morgan fingerprint density at radius 2 is 2.32 bits per heavy atom. The van der Waals surface area contributed by atoms with Crippen molar-refractivity contribution in [2.45, 2.75) is 6.92 Å². The number of nitrogens with two attached hydrogens (primary N) is 1. The van der Waals surface area contributed by atoms with Gasteiger partial charge in [0.05, 0.1) is 5.69 Å². The second-order valence-corrected chi connectivity index (χ2v) is 5.05. The van der Waals surface area contributed by atoms with Gasteiger partial charge in [0.25, 0.3) is 5.91 Å². The van der Waals surface area contributed by atoms with Gasteiger partial charge in [0.2, 0.25) is 0 Å². The van der Waals surface area contributed by atoms with Gasteiger partial charge in [-0.2, -0.15) is 0 Å². The van der Waals surface area contributed by atoms with Crippen LogP contribution in [0.1, 0.15) is 16.6 Å². The van der Waals surface area contributed by atoms with E-state index in [1.165, 1.54) is 11.3 Å². The zero-order chi connectivity index (χ0) is 13.8. The van der Waals surface area contributed by atoms with Crippen LogP contribution in [-0.4, -0.2) is 22.5 Å². The Hall–Kier alpha value is -1.93. The van der Waals surface area contributed by atoms with Crippen molar-refractivity contribution in [1.82, 2.24) is 21.2 Å². The molecule has 0 radical (unpaired) electrons. The van der Waals surface area contributed by atoms with Crippen LogP contribution < -0.4 is 21.9 Å².